The summed E-state index contributed by atoms with van der Waals surface area (Å²) in [6.45, 7) is -0.0298. The zero-order chi connectivity index (χ0) is 12.5. The average molecular weight is 244 g/mol. The first kappa shape index (κ1) is 12.2. The van der Waals surface area contributed by atoms with Crippen molar-refractivity contribution < 1.29 is 13.2 Å². The Morgan fingerprint density at radius 2 is 2.12 bits per heavy atom. The van der Waals surface area contributed by atoms with Crippen molar-refractivity contribution in [3.63, 3.8) is 0 Å². The molecule has 1 aliphatic carbocycles. The molecular formula is C12H15F3N2. The number of nitrogens with one attached hydrogen (secondary N) is 1. The van der Waals surface area contributed by atoms with Crippen LogP contribution in [0.2, 0.25) is 0 Å². The molecule has 0 radical (unpaired) electrons. The number of alkyl halides is 3. The van der Waals surface area contributed by atoms with Crippen LogP contribution in [0.1, 0.15) is 30.0 Å². The van der Waals surface area contributed by atoms with Crippen molar-refractivity contribution in [1.29, 1.82) is 0 Å². The molecular weight excluding hydrogens is 229 g/mol. The summed E-state index contributed by atoms with van der Waals surface area (Å²) in [7, 11) is 0. The lowest BCUT2D eigenvalue weighted by Gasteiger charge is -2.15. The lowest BCUT2D eigenvalue weighted by atomic mass is 10.1. The third kappa shape index (κ3) is 3.12. The van der Waals surface area contributed by atoms with Gasteiger partial charge in [0, 0.05) is 18.3 Å². The van der Waals surface area contributed by atoms with E-state index in [4.69, 9.17) is 5.73 Å². The second-order valence-electron chi connectivity index (χ2n) is 4.37. The van der Waals surface area contributed by atoms with Gasteiger partial charge in [-0.1, -0.05) is 6.07 Å². The monoisotopic (exact) mass is 244 g/mol. The number of hydrogen-bond donors (Lipinski definition) is 2. The van der Waals surface area contributed by atoms with Crippen molar-refractivity contribution in [2.75, 3.05) is 12.3 Å². The molecule has 1 unspecified atom stereocenters. The maximum absolute atomic E-state index is 12.0. The zero-order valence-electron chi connectivity index (χ0n) is 9.35. The fraction of sp³-hybridized carbons (Fsp3) is 0.500. The van der Waals surface area contributed by atoms with Gasteiger partial charge in [-0.3, -0.25) is 0 Å². The molecule has 0 fully saturated rings. The van der Waals surface area contributed by atoms with Gasteiger partial charge in [-0.15, -0.1) is 0 Å². The lowest BCUT2D eigenvalue weighted by Crippen LogP contribution is -2.24. The summed E-state index contributed by atoms with van der Waals surface area (Å²) in [5, 5.41) is 2.95. The molecule has 0 aliphatic heterocycles. The maximum atomic E-state index is 12.0. The van der Waals surface area contributed by atoms with Crippen molar-refractivity contribution in [3.8, 4) is 0 Å². The number of rotatable bonds is 3. The van der Waals surface area contributed by atoms with Crippen molar-refractivity contribution in [1.82, 2.24) is 5.32 Å². The van der Waals surface area contributed by atoms with Crippen LogP contribution >= 0.6 is 0 Å². The summed E-state index contributed by atoms with van der Waals surface area (Å²) < 4.78 is 36.1. The molecule has 3 N–H and O–H groups in total. The van der Waals surface area contributed by atoms with E-state index in [9.17, 15) is 13.2 Å². The molecule has 17 heavy (non-hydrogen) atoms. The highest BCUT2D eigenvalue weighted by atomic mass is 19.4. The molecule has 0 heterocycles. The quantitative estimate of drug-likeness (QED) is 0.802. The Morgan fingerprint density at radius 1 is 1.35 bits per heavy atom. The summed E-state index contributed by atoms with van der Waals surface area (Å²) in [5.41, 5.74) is 8.60. The van der Waals surface area contributed by atoms with Gasteiger partial charge in [0.2, 0.25) is 0 Å². The highest BCUT2D eigenvalue weighted by molar-refractivity contribution is 5.47. The topological polar surface area (TPSA) is 38.0 Å². The Kier molecular flexibility index (Phi) is 3.28. The van der Waals surface area contributed by atoms with Gasteiger partial charge in [0.15, 0.2) is 0 Å². The van der Waals surface area contributed by atoms with Crippen molar-refractivity contribution in [2.24, 2.45) is 0 Å². The first-order valence-corrected chi connectivity index (χ1v) is 5.64. The van der Waals surface area contributed by atoms with Gasteiger partial charge in [0.1, 0.15) is 0 Å². The summed E-state index contributed by atoms with van der Waals surface area (Å²) >= 11 is 0. The van der Waals surface area contributed by atoms with Gasteiger partial charge in [-0.2, -0.15) is 13.2 Å². The number of halogens is 3. The van der Waals surface area contributed by atoms with E-state index >= 15 is 0 Å². The zero-order valence-corrected chi connectivity index (χ0v) is 9.35. The molecule has 1 aliphatic rings. The van der Waals surface area contributed by atoms with Crippen LogP contribution in [0, 0.1) is 0 Å². The first-order valence-electron chi connectivity index (χ1n) is 5.64. The van der Waals surface area contributed by atoms with Crippen LogP contribution in [0.15, 0.2) is 18.2 Å². The molecule has 1 aromatic carbocycles. The Bertz CT molecular complexity index is 401. The van der Waals surface area contributed by atoms with E-state index in [1.807, 2.05) is 12.1 Å². The first-order chi connectivity index (χ1) is 7.96. The van der Waals surface area contributed by atoms with Gasteiger partial charge in [-0.05, 0) is 36.1 Å². The largest absolute Gasteiger partial charge is 0.399 e. The molecule has 0 aromatic heterocycles. The number of nitrogens with two attached hydrogens (primary N) is 1. The van der Waals surface area contributed by atoms with Crippen molar-refractivity contribution in [3.05, 3.63) is 29.3 Å². The van der Waals surface area contributed by atoms with E-state index in [-0.39, 0.29) is 12.6 Å². The van der Waals surface area contributed by atoms with Gasteiger partial charge < -0.3 is 11.1 Å². The van der Waals surface area contributed by atoms with Crippen LogP contribution in [0.3, 0.4) is 0 Å². The number of aryl methyl sites for hydroxylation is 1. The molecule has 1 aromatic rings. The lowest BCUT2D eigenvalue weighted by molar-refractivity contribution is -0.133. The number of nitrogen functional groups attached to an aromatic ring is 1. The molecule has 0 saturated heterocycles. The molecule has 2 rings (SSSR count). The molecule has 0 spiro atoms. The molecule has 0 saturated carbocycles. The fourth-order valence-electron chi connectivity index (χ4n) is 2.24. The Hall–Kier alpha value is -1.23. The molecule has 0 bridgehead atoms. The Morgan fingerprint density at radius 3 is 2.82 bits per heavy atom. The second-order valence-corrected chi connectivity index (χ2v) is 4.37. The van der Waals surface area contributed by atoms with Crippen LogP contribution in [-0.4, -0.2) is 12.7 Å². The predicted octanol–water partition coefficient (Wildman–Crippen LogP) is 2.80. The maximum Gasteiger partial charge on any atom is 0.390 e. The summed E-state index contributed by atoms with van der Waals surface area (Å²) in [6.07, 6.45) is -3.15. The summed E-state index contributed by atoms with van der Waals surface area (Å²) in [5.74, 6) is 0. The van der Waals surface area contributed by atoms with E-state index in [0.29, 0.717) is 5.69 Å². The Labute approximate surface area is 98.0 Å². The van der Waals surface area contributed by atoms with E-state index in [1.165, 1.54) is 0 Å². The molecule has 94 valence electrons. The van der Waals surface area contributed by atoms with Crippen molar-refractivity contribution >= 4 is 5.69 Å². The van der Waals surface area contributed by atoms with Crippen molar-refractivity contribution in [2.45, 2.75) is 31.5 Å². The molecule has 5 heteroatoms. The minimum atomic E-state index is -4.09. The van der Waals surface area contributed by atoms with E-state index in [1.54, 1.807) is 6.07 Å². The summed E-state index contributed by atoms with van der Waals surface area (Å²) in [6, 6.07) is 5.64. The van der Waals surface area contributed by atoms with Gasteiger partial charge in [0.05, 0.1) is 6.42 Å². The molecule has 2 nitrogen and oxygen atoms in total. The minimum absolute atomic E-state index is 0.0298. The predicted molar refractivity (Wildman–Crippen MR) is 60.6 cm³/mol. The van der Waals surface area contributed by atoms with Gasteiger partial charge >= 0.3 is 6.18 Å². The second kappa shape index (κ2) is 4.56. The number of hydrogen-bond acceptors (Lipinski definition) is 2. The van der Waals surface area contributed by atoms with Crippen LogP contribution in [0.5, 0.6) is 0 Å². The number of anilines is 1. The van der Waals surface area contributed by atoms with Crippen LogP contribution in [0.25, 0.3) is 0 Å². The minimum Gasteiger partial charge on any atom is -0.399 e. The van der Waals surface area contributed by atoms with Crippen LogP contribution < -0.4 is 11.1 Å². The number of fused-ring (bicyclic) bond motifs is 1. The average Bonchev–Trinajstić information content (AvgIpc) is 2.59. The highest BCUT2D eigenvalue weighted by Gasteiger charge is 2.28. The Balaban J connectivity index is 1.94. The highest BCUT2D eigenvalue weighted by Crippen LogP contribution is 2.32. The standard InChI is InChI=1S/C12H15F3N2/c13-12(14,15)5-6-17-11-4-1-8-7-9(16)2-3-10(8)11/h2-3,7,11,17H,1,4-6,16H2. The van der Waals surface area contributed by atoms with E-state index in [0.717, 1.165) is 24.0 Å². The molecule has 1 atom stereocenters. The van der Waals surface area contributed by atoms with Crippen LogP contribution in [0.4, 0.5) is 18.9 Å². The SMILES string of the molecule is Nc1ccc2c(c1)CCC2NCCC(F)(F)F. The normalized spacial score (nSPS) is 19.4. The summed E-state index contributed by atoms with van der Waals surface area (Å²) in [4.78, 5) is 0. The van der Waals surface area contributed by atoms with E-state index < -0.39 is 12.6 Å². The third-order valence-corrected chi connectivity index (χ3v) is 3.04. The van der Waals surface area contributed by atoms with E-state index in [2.05, 4.69) is 5.32 Å². The molecule has 0 amide bonds. The fourth-order valence-corrected chi connectivity index (χ4v) is 2.24. The van der Waals surface area contributed by atoms with Gasteiger partial charge in [0.25, 0.3) is 0 Å². The van der Waals surface area contributed by atoms with Gasteiger partial charge in [-0.25, -0.2) is 0 Å². The number of benzene rings is 1. The smallest absolute Gasteiger partial charge is 0.390 e. The van der Waals surface area contributed by atoms with Crippen LogP contribution in [-0.2, 0) is 6.42 Å². The third-order valence-electron chi connectivity index (χ3n) is 3.04.